The zero-order valence-electron chi connectivity index (χ0n) is 10.5. The summed E-state index contributed by atoms with van der Waals surface area (Å²) in [6.45, 7) is 1.94. The molecule has 0 spiro atoms. The minimum Gasteiger partial charge on any atom is -0.329 e. The first-order valence-corrected chi connectivity index (χ1v) is 6.58. The zero-order valence-corrected chi connectivity index (χ0v) is 10.5. The molecule has 1 heterocycles. The van der Waals surface area contributed by atoms with Crippen LogP contribution in [0.15, 0.2) is 18.2 Å². The first-order chi connectivity index (χ1) is 8.70. The summed E-state index contributed by atoms with van der Waals surface area (Å²) in [5, 5.41) is 0. The molecule has 1 atom stereocenters. The summed E-state index contributed by atoms with van der Waals surface area (Å²) in [5.74, 6) is -0.720. The number of hydrogen-bond acceptors (Lipinski definition) is 2. The molecule has 0 saturated carbocycles. The van der Waals surface area contributed by atoms with Gasteiger partial charge >= 0.3 is 0 Å². The van der Waals surface area contributed by atoms with E-state index in [0.717, 1.165) is 25.5 Å². The lowest BCUT2D eigenvalue weighted by Gasteiger charge is -2.29. The van der Waals surface area contributed by atoms with E-state index in [1.807, 2.05) is 0 Å². The van der Waals surface area contributed by atoms with Crippen LogP contribution in [0, 0.1) is 11.6 Å². The van der Waals surface area contributed by atoms with Gasteiger partial charge in [0.1, 0.15) is 11.6 Å². The van der Waals surface area contributed by atoms with Crippen LogP contribution in [0.5, 0.6) is 0 Å². The fourth-order valence-electron chi connectivity index (χ4n) is 2.60. The van der Waals surface area contributed by atoms with Crippen LogP contribution in [-0.2, 0) is 6.54 Å². The number of hydrogen-bond donors (Lipinski definition) is 1. The number of benzene rings is 1. The fourth-order valence-corrected chi connectivity index (χ4v) is 2.60. The van der Waals surface area contributed by atoms with Gasteiger partial charge in [0, 0.05) is 24.7 Å². The van der Waals surface area contributed by atoms with Gasteiger partial charge in [-0.25, -0.2) is 8.78 Å². The van der Waals surface area contributed by atoms with Crippen LogP contribution in [0.4, 0.5) is 8.78 Å². The molecule has 2 N–H and O–H groups in total. The van der Waals surface area contributed by atoms with Crippen molar-refractivity contribution in [3.63, 3.8) is 0 Å². The quantitative estimate of drug-likeness (QED) is 0.898. The second-order valence-electron chi connectivity index (χ2n) is 4.95. The molecule has 1 aromatic carbocycles. The lowest BCUT2D eigenvalue weighted by molar-refractivity contribution is 0.193. The minimum atomic E-state index is -0.384. The van der Waals surface area contributed by atoms with Gasteiger partial charge in [-0.05, 0) is 37.6 Å². The molecular weight excluding hydrogens is 234 g/mol. The van der Waals surface area contributed by atoms with Crippen LogP contribution in [0.2, 0.25) is 0 Å². The molecule has 1 saturated heterocycles. The number of rotatable bonds is 3. The third-order valence-corrected chi connectivity index (χ3v) is 3.65. The first-order valence-electron chi connectivity index (χ1n) is 6.58. The average molecular weight is 254 g/mol. The lowest BCUT2D eigenvalue weighted by atomic mass is 10.1. The summed E-state index contributed by atoms with van der Waals surface area (Å²) in [5.41, 5.74) is 6.20. The van der Waals surface area contributed by atoms with Gasteiger partial charge in [-0.1, -0.05) is 12.8 Å². The highest BCUT2D eigenvalue weighted by Crippen LogP contribution is 2.20. The van der Waals surface area contributed by atoms with E-state index in [2.05, 4.69) is 4.90 Å². The van der Waals surface area contributed by atoms with Crippen molar-refractivity contribution in [1.82, 2.24) is 4.90 Å². The third-order valence-electron chi connectivity index (χ3n) is 3.65. The third kappa shape index (κ3) is 3.27. The van der Waals surface area contributed by atoms with E-state index in [4.69, 9.17) is 5.73 Å². The van der Waals surface area contributed by atoms with Crippen LogP contribution in [-0.4, -0.2) is 24.0 Å². The van der Waals surface area contributed by atoms with Gasteiger partial charge in [-0.15, -0.1) is 0 Å². The van der Waals surface area contributed by atoms with Crippen LogP contribution in [0.1, 0.15) is 31.2 Å². The predicted octanol–water partition coefficient (Wildman–Crippen LogP) is 2.67. The Kier molecular flexibility index (Phi) is 4.66. The second-order valence-corrected chi connectivity index (χ2v) is 4.95. The van der Waals surface area contributed by atoms with E-state index in [1.54, 1.807) is 0 Å². The van der Waals surface area contributed by atoms with Gasteiger partial charge in [0.15, 0.2) is 0 Å². The number of nitrogens with zero attached hydrogens (tertiary/aromatic N) is 1. The smallest absolute Gasteiger partial charge is 0.127 e. The Morgan fingerprint density at radius 1 is 1.22 bits per heavy atom. The molecule has 1 aliphatic rings. The zero-order chi connectivity index (χ0) is 13.0. The van der Waals surface area contributed by atoms with Gasteiger partial charge < -0.3 is 5.73 Å². The van der Waals surface area contributed by atoms with Gasteiger partial charge in [-0.3, -0.25) is 4.90 Å². The highest BCUT2D eigenvalue weighted by molar-refractivity contribution is 5.18. The van der Waals surface area contributed by atoms with Crippen molar-refractivity contribution in [2.45, 2.75) is 38.3 Å². The minimum absolute atomic E-state index is 0.287. The molecule has 2 nitrogen and oxygen atoms in total. The van der Waals surface area contributed by atoms with Crippen molar-refractivity contribution in [2.24, 2.45) is 5.73 Å². The maximum absolute atomic E-state index is 13.6. The monoisotopic (exact) mass is 254 g/mol. The lowest BCUT2D eigenvalue weighted by Crippen LogP contribution is -2.39. The van der Waals surface area contributed by atoms with E-state index < -0.39 is 0 Å². The molecule has 1 fully saturated rings. The van der Waals surface area contributed by atoms with E-state index in [9.17, 15) is 8.78 Å². The molecule has 0 radical (unpaired) electrons. The largest absolute Gasteiger partial charge is 0.329 e. The Labute approximate surface area is 107 Å². The molecule has 0 aliphatic carbocycles. The Hall–Kier alpha value is -1.00. The molecule has 0 amide bonds. The van der Waals surface area contributed by atoms with Crippen molar-refractivity contribution in [3.8, 4) is 0 Å². The molecule has 1 aromatic rings. The van der Waals surface area contributed by atoms with Crippen LogP contribution >= 0.6 is 0 Å². The van der Waals surface area contributed by atoms with E-state index in [1.165, 1.54) is 25.0 Å². The second kappa shape index (κ2) is 6.25. The van der Waals surface area contributed by atoms with Crippen molar-refractivity contribution in [3.05, 3.63) is 35.4 Å². The highest BCUT2D eigenvalue weighted by Gasteiger charge is 2.20. The average Bonchev–Trinajstić information content (AvgIpc) is 2.59. The van der Waals surface area contributed by atoms with Crippen LogP contribution in [0.25, 0.3) is 0 Å². The molecule has 1 unspecified atom stereocenters. The summed E-state index contributed by atoms with van der Waals surface area (Å²) in [6, 6.07) is 3.92. The highest BCUT2D eigenvalue weighted by atomic mass is 19.1. The molecule has 1 aliphatic heterocycles. The summed E-state index contributed by atoms with van der Waals surface area (Å²) in [7, 11) is 0. The number of halogens is 2. The maximum atomic E-state index is 13.6. The maximum Gasteiger partial charge on any atom is 0.127 e. The molecule has 0 aromatic heterocycles. The van der Waals surface area contributed by atoms with Gasteiger partial charge in [-0.2, -0.15) is 0 Å². The normalized spacial score (nSPS) is 21.8. The van der Waals surface area contributed by atoms with Crippen molar-refractivity contribution >= 4 is 0 Å². The molecule has 100 valence electrons. The predicted molar refractivity (Wildman–Crippen MR) is 68.1 cm³/mol. The van der Waals surface area contributed by atoms with Gasteiger partial charge in [0.05, 0.1) is 0 Å². The first kappa shape index (κ1) is 13.4. The molecule has 4 heteroatoms. The van der Waals surface area contributed by atoms with Crippen molar-refractivity contribution in [1.29, 1.82) is 0 Å². The Bertz CT molecular complexity index is 395. The van der Waals surface area contributed by atoms with E-state index >= 15 is 0 Å². The summed E-state index contributed by atoms with van der Waals surface area (Å²) in [6.07, 6.45) is 4.52. The summed E-state index contributed by atoms with van der Waals surface area (Å²) in [4.78, 5) is 2.19. The Morgan fingerprint density at radius 3 is 2.83 bits per heavy atom. The molecule has 0 bridgehead atoms. The Morgan fingerprint density at radius 2 is 2.06 bits per heavy atom. The van der Waals surface area contributed by atoms with E-state index in [0.29, 0.717) is 18.7 Å². The van der Waals surface area contributed by atoms with Gasteiger partial charge in [0.2, 0.25) is 0 Å². The molecular formula is C14H20F2N2. The molecule has 18 heavy (non-hydrogen) atoms. The SMILES string of the molecule is NCC1CCCCCN1Cc1cc(F)ccc1F. The fraction of sp³-hybridized carbons (Fsp3) is 0.571. The van der Waals surface area contributed by atoms with Crippen LogP contribution < -0.4 is 5.73 Å². The summed E-state index contributed by atoms with van der Waals surface area (Å²) < 4.78 is 26.8. The topological polar surface area (TPSA) is 29.3 Å². The van der Waals surface area contributed by atoms with Gasteiger partial charge in [0.25, 0.3) is 0 Å². The number of nitrogens with two attached hydrogens (primary N) is 1. The Balaban J connectivity index is 2.12. The van der Waals surface area contributed by atoms with Crippen molar-refractivity contribution in [2.75, 3.05) is 13.1 Å². The van der Waals surface area contributed by atoms with Crippen LogP contribution in [0.3, 0.4) is 0 Å². The number of likely N-dealkylation sites (tertiary alicyclic amines) is 1. The standard InChI is InChI=1S/C14H20F2N2/c15-12-5-6-14(16)11(8-12)10-18-7-3-1-2-4-13(18)9-17/h5-6,8,13H,1-4,7,9-10,17H2. The summed E-state index contributed by atoms with van der Waals surface area (Å²) >= 11 is 0. The van der Waals surface area contributed by atoms with Crippen molar-refractivity contribution < 1.29 is 8.78 Å². The molecule has 2 rings (SSSR count). The van der Waals surface area contributed by atoms with E-state index in [-0.39, 0.29) is 17.7 Å².